The number of halogens is 1. The first kappa shape index (κ1) is 20.7. The third-order valence-corrected chi connectivity index (χ3v) is 4.77. The van der Waals surface area contributed by atoms with Gasteiger partial charge in [-0.05, 0) is 30.3 Å². The van der Waals surface area contributed by atoms with Gasteiger partial charge in [-0.2, -0.15) is 5.10 Å². The van der Waals surface area contributed by atoms with Gasteiger partial charge < -0.3 is 4.90 Å². The standard InChI is InChI=1S/C18H19ClN4O3S/c1-22(2)17-8-5-15(23(25)26)11-13(17)12-20-21-18(24)9-10-27-16-6-3-14(19)4-7-16/h3-8,11-12H,9-10H2,1-2H3,(H,21,24)/b20-12-. The number of hydrogen-bond donors (Lipinski definition) is 1. The summed E-state index contributed by atoms with van der Waals surface area (Å²) in [6, 6.07) is 11.9. The van der Waals surface area contributed by atoms with Crippen LogP contribution < -0.4 is 10.3 Å². The van der Waals surface area contributed by atoms with E-state index < -0.39 is 4.92 Å². The molecule has 0 radical (unpaired) electrons. The van der Waals surface area contributed by atoms with Gasteiger partial charge in [-0.25, -0.2) is 5.43 Å². The molecular weight excluding hydrogens is 388 g/mol. The van der Waals surface area contributed by atoms with Crippen molar-refractivity contribution in [1.29, 1.82) is 0 Å². The van der Waals surface area contributed by atoms with Crippen LogP contribution in [0.1, 0.15) is 12.0 Å². The summed E-state index contributed by atoms with van der Waals surface area (Å²) in [4.78, 5) is 25.2. The Balaban J connectivity index is 1.90. The highest BCUT2D eigenvalue weighted by Crippen LogP contribution is 2.23. The molecule has 0 heterocycles. The van der Waals surface area contributed by atoms with E-state index in [1.807, 2.05) is 31.1 Å². The monoisotopic (exact) mass is 406 g/mol. The third-order valence-electron chi connectivity index (χ3n) is 3.51. The maximum atomic E-state index is 11.9. The quantitative estimate of drug-likeness (QED) is 0.310. The van der Waals surface area contributed by atoms with Gasteiger partial charge in [0.25, 0.3) is 5.69 Å². The average Bonchev–Trinajstić information content (AvgIpc) is 2.63. The van der Waals surface area contributed by atoms with Crippen LogP contribution in [0.15, 0.2) is 52.5 Å². The molecule has 0 spiro atoms. The molecule has 1 amide bonds. The third kappa shape index (κ3) is 6.58. The van der Waals surface area contributed by atoms with Crippen LogP contribution in [-0.2, 0) is 4.79 Å². The smallest absolute Gasteiger partial charge is 0.270 e. The molecular formula is C18H19ClN4O3S. The second-order valence-electron chi connectivity index (χ2n) is 5.74. The first-order chi connectivity index (χ1) is 12.9. The maximum absolute atomic E-state index is 11.9. The summed E-state index contributed by atoms with van der Waals surface area (Å²) < 4.78 is 0. The Hall–Kier alpha value is -2.58. The summed E-state index contributed by atoms with van der Waals surface area (Å²) in [7, 11) is 3.65. The molecule has 0 fully saturated rings. The predicted octanol–water partition coefficient (Wildman–Crippen LogP) is 3.95. The summed E-state index contributed by atoms with van der Waals surface area (Å²) in [6.45, 7) is 0. The van der Waals surface area contributed by atoms with Crippen LogP contribution in [0.3, 0.4) is 0 Å². The molecule has 0 bridgehead atoms. The fraction of sp³-hybridized carbons (Fsp3) is 0.222. The van der Waals surface area contributed by atoms with E-state index in [1.165, 1.54) is 18.3 Å². The van der Waals surface area contributed by atoms with Crippen LogP contribution in [0.2, 0.25) is 5.02 Å². The van der Waals surface area contributed by atoms with Crippen LogP contribution in [0, 0.1) is 10.1 Å². The van der Waals surface area contributed by atoms with Crippen LogP contribution in [-0.4, -0.2) is 36.9 Å². The van der Waals surface area contributed by atoms with E-state index in [4.69, 9.17) is 11.6 Å². The molecule has 9 heteroatoms. The van der Waals surface area contributed by atoms with E-state index in [-0.39, 0.29) is 11.6 Å². The van der Waals surface area contributed by atoms with E-state index in [1.54, 1.807) is 30.0 Å². The van der Waals surface area contributed by atoms with Crippen molar-refractivity contribution in [3.05, 3.63) is 63.2 Å². The number of anilines is 1. The maximum Gasteiger partial charge on any atom is 0.270 e. The molecule has 27 heavy (non-hydrogen) atoms. The van der Waals surface area contributed by atoms with Gasteiger partial charge in [-0.1, -0.05) is 11.6 Å². The summed E-state index contributed by atoms with van der Waals surface area (Å²) in [5.74, 6) is 0.368. The molecule has 0 aliphatic heterocycles. The van der Waals surface area contributed by atoms with Gasteiger partial charge >= 0.3 is 0 Å². The van der Waals surface area contributed by atoms with Gasteiger partial charge in [-0.3, -0.25) is 14.9 Å². The number of thioether (sulfide) groups is 1. The summed E-state index contributed by atoms with van der Waals surface area (Å²) in [5, 5.41) is 15.5. The SMILES string of the molecule is CN(C)c1ccc([N+](=O)[O-])cc1/C=N\NC(=O)CCSc1ccc(Cl)cc1. The minimum absolute atomic E-state index is 0.0345. The second-order valence-corrected chi connectivity index (χ2v) is 7.34. The van der Waals surface area contributed by atoms with Crippen molar-refractivity contribution < 1.29 is 9.72 Å². The zero-order valence-corrected chi connectivity index (χ0v) is 16.5. The predicted molar refractivity (Wildman–Crippen MR) is 110 cm³/mol. The molecule has 7 nitrogen and oxygen atoms in total. The van der Waals surface area contributed by atoms with Crippen LogP contribution in [0.5, 0.6) is 0 Å². The fourth-order valence-electron chi connectivity index (χ4n) is 2.19. The molecule has 2 aromatic carbocycles. The number of carbonyl (C=O) groups excluding carboxylic acids is 1. The van der Waals surface area contributed by atoms with Crippen LogP contribution in [0.4, 0.5) is 11.4 Å². The molecule has 0 unspecified atom stereocenters. The zero-order valence-electron chi connectivity index (χ0n) is 14.9. The fourth-order valence-corrected chi connectivity index (χ4v) is 3.17. The normalized spacial score (nSPS) is 10.8. The van der Waals surface area contributed by atoms with Crippen molar-refractivity contribution >= 4 is 46.9 Å². The van der Waals surface area contributed by atoms with E-state index in [2.05, 4.69) is 10.5 Å². The zero-order chi connectivity index (χ0) is 19.8. The van der Waals surface area contributed by atoms with Crippen molar-refractivity contribution in [2.24, 2.45) is 5.10 Å². The Kier molecular flexibility index (Phi) is 7.63. The lowest BCUT2D eigenvalue weighted by Crippen LogP contribution is -2.18. The number of rotatable bonds is 8. The first-order valence-corrected chi connectivity index (χ1v) is 9.39. The number of nitro benzene ring substituents is 1. The Bertz CT molecular complexity index is 841. The Morgan fingerprint density at radius 3 is 2.63 bits per heavy atom. The molecule has 0 saturated heterocycles. The lowest BCUT2D eigenvalue weighted by molar-refractivity contribution is -0.384. The van der Waals surface area contributed by atoms with Crippen molar-refractivity contribution in [1.82, 2.24) is 5.43 Å². The number of non-ortho nitro benzene ring substituents is 1. The minimum Gasteiger partial charge on any atom is -0.377 e. The Labute approximate surface area is 166 Å². The number of nitro groups is 1. The van der Waals surface area contributed by atoms with E-state index in [9.17, 15) is 14.9 Å². The number of amides is 1. The molecule has 142 valence electrons. The van der Waals surface area contributed by atoms with Gasteiger partial charge in [0.2, 0.25) is 5.91 Å². The number of hydrogen-bond acceptors (Lipinski definition) is 6. The number of nitrogens with zero attached hydrogens (tertiary/aromatic N) is 3. The average molecular weight is 407 g/mol. The molecule has 0 aromatic heterocycles. The van der Waals surface area contributed by atoms with Gasteiger partial charge in [0.1, 0.15) is 0 Å². The van der Waals surface area contributed by atoms with Crippen molar-refractivity contribution in [3.8, 4) is 0 Å². The largest absolute Gasteiger partial charge is 0.377 e. The molecule has 0 aliphatic rings. The molecule has 2 rings (SSSR count). The Morgan fingerprint density at radius 1 is 1.30 bits per heavy atom. The molecule has 2 aromatic rings. The molecule has 0 atom stereocenters. The summed E-state index contributed by atoms with van der Waals surface area (Å²) in [5.41, 5.74) is 3.72. The Morgan fingerprint density at radius 2 is 2.00 bits per heavy atom. The highest BCUT2D eigenvalue weighted by molar-refractivity contribution is 7.99. The summed E-state index contributed by atoms with van der Waals surface area (Å²) >= 11 is 7.38. The number of benzene rings is 2. The minimum atomic E-state index is -0.469. The van der Waals surface area contributed by atoms with Gasteiger partial charge in [-0.15, -0.1) is 11.8 Å². The van der Waals surface area contributed by atoms with E-state index >= 15 is 0 Å². The van der Waals surface area contributed by atoms with Gasteiger partial charge in [0.15, 0.2) is 0 Å². The topological polar surface area (TPSA) is 87.8 Å². The first-order valence-electron chi connectivity index (χ1n) is 8.03. The highest BCUT2D eigenvalue weighted by atomic mass is 35.5. The number of nitrogens with one attached hydrogen (secondary N) is 1. The lowest BCUT2D eigenvalue weighted by atomic mass is 10.1. The van der Waals surface area contributed by atoms with E-state index in [0.29, 0.717) is 22.8 Å². The van der Waals surface area contributed by atoms with Crippen molar-refractivity contribution in [2.75, 3.05) is 24.7 Å². The van der Waals surface area contributed by atoms with Crippen molar-refractivity contribution in [3.63, 3.8) is 0 Å². The molecule has 1 N–H and O–H groups in total. The summed E-state index contributed by atoms with van der Waals surface area (Å²) in [6.07, 6.45) is 1.70. The highest BCUT2D eigenvalue weighted by Gasteiger charge is 2.11. The molecule has 0 saturated carbocycles. The number of hydrazone groups is 1. The lowest BCUT2D eigenvalue weighted by Gasteiger charge is -2.14. The van der Waals surface area contributed by atoms with Crippen molar-refractivity contribution in [2.45, 2.75) is 11.3 Å². The van der Waals surface area contributed by atoms with E-state index in [0.717, 1.165) is 10.6 Å². The van der Waals surface area contributed by atoms with Gasteiger partial charge in [0.05, 0.1) is 11.1 Å². The second kappa shape index (κ2) is 9.94. The van der Waals surface area contributed by atoms with Gasteiger partial charge in [0, 0.05) is 59.6 Å². The molecule has 0 aliphatic carbocycles. The van der Waals surface area contributed by atoms with Crippen LogP contribution in [0.25, 0.3) is 0 Å². The number of carbonyl (C=O) groups is 1. The van der Waals surface area contributed by atoms with Crippen LogP contribution >= 0.6 is 23.4 Å².